The molecule has 1 heterocycles. The van der Waals surface area contributed by atoms with Gasteiger partial charge in [-0.25, -0.2) is 14.4 Å². The number of hydrogen-bond acceptors (Lipinski definition) is 5. The van der Waals surface area contributed by atoms with E-state index in [2.05, 4.69) is 9.97 Å². The average molecular weight is 306 g/mol. The summed E-state index contributed by atoms with van der Waals surface area (Å²) in [5, 5.41) is 10.8. The second kappa shape index (κ2) is 6.27. The van der Waals surface area contributed by atoms with Gasteiger partial charge in [0.1, 0.15) is 29.0 Å². The Hall–Kier alpha value is -2.21. The summed E-state index contributed by atoms with van der Waals surface area (Å²) in [5.41, 5.74) is -1.69. The molecule has 0 spiro atoms. The highest BCUT2D eigenvalue weighted by Crippen LogP contribution is 2.35. The zero-order chi connectivity index (χ0) is 16.2. The van der Waals surface area contributed by atoms with E-state index < -0.39 is 18.1 Å². The summed E-state index contributed by atoms with van der Waals surface area (Å²) in [4.78, 5) is 7.85. The Labute approximate surface area is 128 Å². The highest BCUT2D eigenvalue weighted by molar-refractivity contribution is 5.32. The Morgan fingerprint density at radius 3 is 2.14 bits per heavy atom. The predicted octanol–water partition coefficient (Wildman–Crippen LogP) is 2.85. The van der Waals surface area contributed by atoms with Gasteiger partial charge in [-0.3, -0.25) is 0 Å². The molecule has 6 heteroatoms. The average Bonchev–Trinajstić information content (AvgIpc) is 2.50. The molecular weight excluding hydrogens is 287 g/mol. The molecule has 0 aliphatic rings. The molecule has 22 heavy (non-hydrogen) atoms. The quantitative estimate of drug-likeness (QED) is 0.889. The van der Waals surface area contributed by atoms with Crippen molar-refractivity contribution in [3.05, 3.63) is 48.5 Å². The van der Waals surface area contributed by atoms with E-state index in [-0.39, 0.29) is 0 Å². The number of alkyl halides is 1. The van der Waals surface area contributed by atoms with Crippen molar-refractivity contribution >= 4 is 0 Å². The van der Waals surface area contributed by atoms with E-state index in [1.165, 1.54) is 6.33 Å². The second-order valence-electron chi connectivity index (χ2n) is 5.54. The first kappa shape index (κ1) is 16.2. The van der Waals surface area contributed by atoms with Crippen LogP contribution in [-0.4, -0.2) is 27.5 Å². The van der Waals surface area contributed by atoms with E-state index >= 15 is 0 Å². The van der Waals surface area contributed by atoms with Crippen LogP contribution in [0.15, 0.2) is 43.0 Å². The van der Waals surface area contributed by atoms with Gasteiger partial charge in [0.05, 0.1) is 0 Å². The fourth-order valence-corrected chi connectivity index (χ4v) is 1.96. The van der Waals surface area contributed by atoms with Gasteiger partial charge in [0.15, 0.2) is 0 Å². The van der Waals surface area contributed by atoms with Crippen LogP contribution in [-0.2, 0) is 5.60 Å². The highest BCUT2D eigenvalue weighted by Gasteiger charge is 2.43. The standard InChI is InChI=1S/C16H19FN2O3/c1-15(2,16(3,20)12-8-18-11-19-9-12)22-14-6-4-13(5-7-14)21-10-17/h4-9,11,20H,10H2,1-3H3. The molecule has 1 N–H and O–H groups in total. The molecular formula is C16H19FN2O3. The summed E-state index contributed by atoms with van der Waals surface area (Å²) < 4.78 is 22.7. The van der Waals surface area contributed by atoms with Crippen LogP contribution in [0.5, 0.6) is 11.5 Å². The molecule has 0 aliphatic heterocycles. The summed E-state index contributed by atoms with van der Waals surface area (Å²) in [7, 11) is 0. The first-order valence-electron chi connectivity index (χ1n) is 6.82. The zero-order valence-electron chi connectivity index (χ0n) is 12.8. The number of aromatic nitrogens is 2. The molecule has 1 unspecified atom stereocenters. The van der Waals surface area contributed by atoms with Gasteiger partial charge in [0.2, 0.25) is 6.86 Å². The van der Waals surface area contributed by atoms with Gasteiger partial charge in [-0.05, 0) is 45.0 Å². The van der Waals surface area contributed by atoms with Gasteiger partial charge in [0.25, 0.3) is 0 Å². The third-order valence-corrected chi connectivity index (χ3v) is 3.71. The lowest BCUT2D eigenvalue weighted by molar-refractivity contribution is -0.109. The van der Waals surface area contributed by atoms with Crippen LogP contribution < -0.4 is 9.47 Å². The molecule has 1 aromatic heterocycles. The van der Waals surface area contributed by atoms with Crippen molar-refractivity contribution in [2.24, 2.45) is 0 Å². The molecule has 1 atom stereocenters. The van der Waals surface area contributed by atoms with Crippen LogP contribution in [0.25, 0.3) is 0 Å². The predicted molar refractivity (Wildman–Crippen MR) is 79.4 cm³/mol. The SMILES string of the molecule is CC(C)(Oc1ccc(OCF)cc1)C(C)(O)c1cncnc1. The third kappa shape index (κ3) is 3.33. The molecule has 118 valence electrons. The summed E-state index contributed by atoms with van der Waals surface area (Å²) in [5.74, 6) is 0.948. The summed E-state index contributed by atoms with van der Waals surface area (Å²) >= 11 is 0. The third-order valence-electron chi connectivity index (χ3n) is 3.71. The van der Waals surface area contributed by atoms with Gasteiger partial charge in [0, 0.05) is 18.0 Å². The van der Waals surface area contributed by atoms with E-state index in [0.29, 0.717) is 17.1 Å². The van der Waals surface area contributed by atoms with E-state index in [1.54, 1.807) is 57.4 Å². The number of nitrogens with zero attached hydrogens (tertiary/aromatic N) is 2. The van der Waals surface area contributed by atoms with Crippen LogP contribution in [0.2, 0.25) is 0 Å². The fraction of sp³-hybridized carbons (Fsp3) is 0.375. The maximum Gasteiger partial charge on any atom is 0.228 e. The fourth-order valence-electron chi connectivity index (χ4n) is 1.96. The van der Waals surface area contributed by atoms with Crippen molar-refractivity contribution in [2.45, 2.75) is 32.0 Å². The molecule has 0 bridgehead atoms. The van der Waals surface area contributed by atoms with Crippen molar-refractivity contribution in [1.29, 1.82) is 0 Å². The summed E-state index contributed by atoms with van der Waals surface area (Å²) in [6, 6.07) is 6.52. The Balaban J connectivity index is 2.19. The van der Waals surface area contributed by atoms with Crippen molar-refractivity contribution in [3.8, 4) is 11.5 Å². The Morgan fingerprint density at radius 1 is 1.05 bits per heavy atom. The number of rotatable bonds is 6. The van der Waals surface area contributed by atoms with Crippen LogP contribution in [0.4, 0.5) is 4.39 Å². The first-order chi connectivity index (χ1) is 10.4. The number of halogens is 1. The normalized spacial score (nSPS) is 14.2. The van der Waals surface area contributed by atoms with Gasteiger partial charge >= 0.3 is 0 Å². The van der Waals surface area contributed by atoms with E-state index in [4.69, 9.17) is 9.47 Å². The van der Waals surface area contributed by atoms with Crippen LogP contribution in [0.3, 0.4) is 0 Å². The molecule has 0 saturated heterocycles. The van der Waals surface area contributed by atoms with Crippen LogP contribution in [0, 0.1) is 0 Å². The first-order valence-corrected chi connectivity index (χ1v) is 6.82. The van der Waals surface area contributed by atoms with Gasteiger partial charge in [-0.15, -0.1) is 0 Å². The minimum Gasteiger partial charge on any atom is -0.484 e. The molecule has 0 saturated carbocycles. The Kier molecular flexibility index (Phi) is 4.61. The molecule has 2 rings (SSSR count). The number of hydrogen-bond donors (Lipinski definition) is 1. The largest absolute Gasteiger partial charge is 0.484 e. The number of benzene rings is 1. The maximum absolute atomic E-state index is 12.1. The zero-order valence-corrected chi connectivity index (χ0v) is 12.8. The van der Waals surface area contributed by atoms with Crippen LogP contribution >= 0.6 is 0 Å². The number of aliphatic hydroxyl groups is 1. The lowest BCUT2D eigenvalue weighted by Gasteiger charge is -2.40. The lowest BCUT2D eigenvalue weighted by atomic mass is 9.82. The van der Waals surface area contributed by atoms with E-state index in [9.17, 15) is 9.50 Å². The van der Waals surface area contributed by atoms with Crippen molar-refractivity contribution < 1.29 is 19.0 Å². The summed E-state index contributed by atoms with van der Waals surface area (Å²) in [6.45, 7) is 4.30. The maximum atomic E-state index is 12.1. The molecule has 1 aromatic carbocycles. The molecule has 0 amide bonds. The minimum absolute atomic E-state index is 0.413. The van der Waals surface area contributed by atoms with Crippen molar-refractivity contribution in [2.75, 3.05) is 6.86 Å². The molecule has 0 aliphatic carbocycles. The van der Waals surface area contributed by atoms with Crippen LogP contribution in [0.1, 0.15) is 26.3 Å². The summed E-state index contributed by atoms with van der Waals surface area (Å²) in [6.07, 6.45) is 4.50. The monoisotopic (exact) mass is 306 g/mol. The minimum atomic E-state index is -1.30. The Morgan fingerprint density at radius 2 is 1.59 bits per heavy atom. The Bertz CT molecular complexity index is 601. The second-order valence-corrected chi connectivity index (χ2v) is 5.54. The smallest absolute Gasteiger partial charge is 0.228 e. The van der Waals surface area contributed by atoms with Gasteiger partial charge in [-0.1, -0.05) is 0 Å². The van der Waals surface area contributed by atoms with E-state index in [0.717, 1.165) is 0 Å². The van der Waals surface area contributed by atoms with E-state index in [1.807, 2.05) is 0 Å². The molecule has 2 aromatic rings. The molecule has 0 fully saturated rings. The van der Waals surface area contributed by atoms with Gasteiger partial charge in [-0.2, -0.15) is 0 Å². The highest BCUT2D eigenvalue weighted by atomic mass is 19.1. The van der Waals surface area contributed by atoms with Crippen molar-refractivity contribution in [1.82, 2.24) is 9.97 Å². The molecule has 0 radical (unpaired) electrons. The topological polar surface area (TPSA) is 64.5 Å². The van der Waals surface area contributed by atoms with Gasteiger partial charge < -0.3 is 14.6 Å². The number of ether oxygens (including phenoxy) is 2. The molecule has 5 nitrogen and oxygen atoms in total. The van der Waals surface area contributed by atoms with Crippen molar-refractivity contribution in [3.63, 3.8) is 0 Å². The lowest BCUT2D eigenvalue weighted by Crippen LogP contribution is -2.49.